The lowest BCUT2D eigenvalue weighted by atomic mass is 10.1. The van der Waals surface area contributed by atoms with Crippen molar-refractivity contribution in [2.24, 2.45) is 4.99 Å². The summed E-state index contributed by atoms with van der Waals surface area (Å²) in [4.78, 5) is 29.1. The Morgan fingerprint density at radius 2 is 1.96 bits per heavy atom. The Morgan fingerprint density at radius 3 is 2.65 bits per heavy atom. The molecular formula is C17H15N3O3. The summed E-state index contributed by atoms with van der Waals surface area (Å²) in [5, 5.41) is 10.9. The molecule has 23 heavy (non-hydrogen) atoms. The number of aliphatic imine (C=N–C) groups is 1. The summed E-state index contributed by atoms with van der Waals surface area (Å²) in [6.45, 7) is 2.86. The second kappa shape index (κ2) is 6.00. The predicted octanol–water partition coefficient (Wildman–Crippen LogP) is 2.98. The van der Waals surface area contributed by atoms with Crippen LogP contribution in [0.15, 0.2) is 47.5 Å². The Hall–Kier alpha value is -3.02. The van der Waals surface area contributed by atoms with Gasteiger partial charge >= 0.3 is 0 Å². The normalized spacial score (nSPS) is 13.3. The maximum absolute atomic E-state index is 12.8. The number of carbonyl (C=O) groups is 1. The van der Waals surface area contributed by atoms with Crippen LogP contribution in [0.25, 0.3) is 0 Å². The molecule has 0 saturated heterocycles. The second-order valence-electron chi connectivity index (χ2n) is 5.36. The average Bonchev–Trinajstić information content (AvgIpc) is 2.76. The summed E-state index contributed by atoms with van der Waals surface area (Å²) >= 11 is 0. The van der Waals surface area contributed by atoms with Crippen molar-refractivity contribution in [2.45, 2.75) is 6.92 Å². The van der Waals surface area contributed by atoms with Gasteiger partial charge in [-0.3, -0.25) is 19.9 Å². The van der Waals surface area contributed by atoms with E-state index in [1.54, 1.807) is 29.3 Å². The molecule has 1 aliphatic rings. The summed E-state index contributed by atoms with van der Waals surface area (Å²) < 4.78 is 0. The van der Waals surface area contributed by atoms with Crippen molar-refractivity contribution in [3.63, 3.8) is 0 Å². The number of hydrogen-bond acceptors (Lipinski definition) is 4. The number of nitrogens with zero attached hydrogens (tertiary/aromatic N) is 3. The van der Waals surface area contributed by atoms with Crippen LogP contribution in [0.4, 0.5) is 11.4 Å². The highest BCUT2D eigenvalue weighted by Crippen LogP contribution is 2.27. The maximum Gasteiger partial charge on any atom is 0.270 e. The summed E-state index contributed by atoms with van der Waals surface area (Å²) in [5.41, 5.74) is 2.87. The molecule has 0 saturated carbocycles. The fraction of sp³-hybridized carbons (Fsp3) is 0.176. The third-order valence-corrected chi connectivity index (χ3v) is 3.74. The van der Waals surface area contributed by atoms with Crippen molar-refractivity contribution in [3.8, 4) is 0 Å². The van der Waals surface area contributed by atoms with Crippen LogP contribution in [0.3, 0.4) is 0 Å². The molecule has 0 atom stereocenters. The first kappa shape index (κ1) is 14.9. The zero-order chi connectivity index (χ0) is 16.4. The molecule has 0 fully saturated rings. The number of rotatable bonds is 2. The quantitative estimate of drug-likeness (QED) is 0.632. The first-order chi connectivity index (χ1) is 11.1. The minimum Gasteiger partial charge on any atom is -0.306 e. The molecule has 1 aliphatic heterocycles. The van der Waals surface area contributed by atoms with E-state index in [1.807, 2.05) is 19.1 Å². The van der Waals surface area contributed by atoms with Gasteiger partial charge in [0.25, 0.3) is 11.6 Å². The van der Waals surface area contributed by atoms with Gasteiger partial charge in [-0.2, -0.15) is 0 Å². The van der Waals surface area contributed by atoms with E-state index in [0.717, 1.165) is 5.56 Å². The zero-order valence-electron chi connectivity index (χ0n) is 12.6. The van der Waals surface area contributed by atoms with Gasteiger partial charge in [-0.25, -0.2) is 0 Å². The minimum atomic E-state index is -0.453. The topological polar surface area (TPSA) is 75.8 Å². The van der Waals surface area contributed by atoms with Gasteiger partial charge in [-0.05, 0) is 25.1 Å². The molecule has 1 amide bonds. The lowest BCUT2D eigenvalue weighted by molar-refractivity contribution is -0.384. The molecule has 2 aromatic carbocycles. The molecule has 6 heteroatoms. The van der Waals surface area contributed by atoms with Gasteiger partial charge in [0.2, 0.25) is 0 Å². The number of anilines is 1. The van der Waals surface area contributed by atoms with E-state index in [4.69, 9.17) is 0 Å². The van der Waals surface area contributed by atoms with Crippen molar-refractivity contribution in [3.05, 3.63) is 69.3 Å². The smallest absolute Gasteiger partial charge is 0.270 e. The van der Waals surface area contributed by atoms with E-state index in [9.17, 15) is 14.9 Å². The molecule has 3 rings (SSSR count). The number of hydrogen-bond donors (Lipinski definition) is 0. The monoisotopic (exact) mass is 309 g/mol. The van der Waals surface area contributed by atoms with Gasteiger partial charge in [-0.15, -0.1) is 0 Å². The Balaban J connectivity index is 2.00. The van der Waals surface area contributed by atoms with Gasteiger partial charge in [0, 0.05) is 36.0 Å². The fourth-order valence-electron chi connectivity index (χ4n) is 2.51. The molecule has 0 N–H and O–H groups in total. The molecule has 0 bridgehead atoms. The Bertz CT molecular complexity index is 797. The summed E-state index contributed by atoms with van der Waals surface area (Å²) in [5.74, 6) is -0.134. The summed E-state index contributed by atoms with van der Waals surface area (Å²) in [6.07, 6.45) is 1.59. The third-order valence-electron chi connectivity index (χ3n) is 3.74. The van der Waals surface area contributed by atoms with Crippen molar-refractivity contribution >= 4 is 23.5 Å². The summed E-state index contributed by atoms with van der Waals surface area (Å²) in [7, 11) is 0. The van der Waals surface area contributed by atoms with Crippen LogP contribution in [0.1, 0.15) is 21.5 Å². The maximum atomic E-state index is 12.8. The molecule has 0 aliphatic carbocycles. The van der Waals surface area contributed by atoms with Crippen LogP contribution < -0.4 is 4.90 Å². The lowest BCUT2D eigenvalue weighted by Crippen LogP contribution is -2.33. The van der Waals surface area contributed by atoms with Crippen LogP contribution in [0, 0.1) is 17.0 Å². The number of fused-ring (bicyclic) bond motifs is 1. The van der Waals surface area contributed by atoms with Crippen LogP contribution in [0.2, 0.25) is 0 Å². The van der Waals surface area contributed by atoms with E-state index >= 15 is 0 Å². The van der Waals surface area contributed by atoms with Gasteiger partial charge in [0.05, 0.1) is 17.2 Å². The van der Waals surface area contributed by atoms with E-state index in [-0.39, 0.29) is 11.6 Å². The molecule has 0 aromatic heterocycles. The standard InChI is InChI=1S/C17H15N3O3/c1-12-2-4-13(5-3-12)17(21)19-9-8-18-11-14-10-15(20(22)23)6-7-16(14)19/h2-7,10-11H,8-9H2,1H3. The Morgan fingerprint density at radius 1 is 1.22 bits per heavy atom. The molecule has 6 nitrogen and oxygen atoms in total. The molecule has 2 aromatic rings. The number of amides is 1. The van der Waals surface area contributed by atoms with Crippen LogP contribution in [-0.2, 0) is 0 Å². The van der Waals surface area contributed by atoms with Crippen LogP contribution in [-0.4, -0.2) is 30.1 Å². The highest BCUT2D eigenvalue weighted by Gasteiger charge is 2.22. The number of nitro groups is 1. The number of benzene rings is 2. The van der Waals surface area contributed by atoms with Gasteiger partial charge in [-0.1, -0.05) is 17.7 Å². The molecular weight excluding hydrogens is 294 g/mol. The predicted molar refractivity (Wildman–Crippen MR) is 88.4 cm³/mol. The highest BCUT2D eigenvalue weighted by molar-refractivity contribution is 6.09. The van der Waals surface area contributed by atoms with Crippen molar-refractivity contribution in [2.75, 3.05) is 18.0 Å². The first-order valence-electron chi connectivity index (χ1n) is 7.23. The third kappa shape index (κ3) is 2.96. The second-order valence-corrected chi connectivity index (χ2v) is 5.36. The Kier molecular flexibility index (Phi) is 3.89. The van der Waals surface area contributed by atoms with Crippen molar-refractivity contribution in [1.29, 1.82) is 0 Å². The number of non-ortho nitro benzene ring substituents is 1. The zero-order valence-corrected chi connectivity index (χ0v) is 12.6. The number of aryl methyl sites for hydroxylation is 1. The molecule has 1 heterocycles. The number of benzodiazepines with no additional fused rings is 1. The highest BCUT2D eigenvalue weighted by atomic mass is 16.6. The van der Waals surface area contributed by atoms with Crippen molar-refractivity contribution in [1.82, 2.24) is 0 Å². The van der Waals surface area contributed by atoms with Gasteiger partial charge < -0.3 is 4.90 Å². The van der Waals surface area contributed by atoms with E-state index < -0.39 is 4.92 Å². The molecule has 0 spiro atoms. The number of nitro benzene ring substituents is 1. The fourth-order valence-corrected chi connectivity index (χ4v) is 2.51. The van der Waals surface area contributed by atoms with E-state index in [2.05, 4.69) is 4.99 Å². The molecule has 0 radical (unpaired) electrons. The van der Waals surface area contributed by atoms with Crippen LogP contribution in [0.5, 0.6) is 0 Å². The summed E-state index contributed by atoms with van der Waals surface area (Å²) in [6, 6.07) is 11.8. The lowest BCUT2D eigenvalue weighted by Gasteiger charge is -2.22. The van der Waals surface area contributed by atoms with Gasteiger partial charge in [0.15, 0.2) is 0 Å². The SMILES string of the molecule is Cc1ccc(C(=O)N2CCN=Cc3cc([N+](=O)[O-])ccc32)cc1. The minimum absolute atomic E-state index is 0.0140. The number of carbonyl (C=O) groups excluding carboxylic acids is 1. The Labute approximate surface area is 133 Å². The average molecular weight is 309 g/mol. The van der Waals surface area contributed by atoms with Gasteiger partial charge in [0.1, 0.15) is 0 Å². The molecule has 0 unspecified atom stereocenters. The van der Waals surface area contributed by atoms with E-state index in [0.29, 0.717) is 29.9 Å². The molecule has 116 valence electrons. The van der Waals surface area contributed by atoms with Crippen molar-refractivity contribution < 1.29 is 9.72 Å². The van der Waals surface area contributed by atoms with E-state index in [1.165, 1.54) is 12.1 Å². The van der Waals surface area contributed by atoms with Crippen LogP contribution >= 0.6 is 0 Å². The first-order valence-corrected chi connectivity index (χ1v) is 7.23. The largest absolute Gasteiger partial charge is 0.306 e.